The number of fused-ring (bicyclic) bond motifs is 1. The zero-order valence-electron chi connectivity index (χ0n) is 16.0. The van der Waals surface area contributed by atoms with E-state index in [1.807, 2.05) is 30.3 Å². The Balaban J connectivity index is 1.70. The number of nitrogens with zero attached hydrogens (tertiary/aromatic N) is 1. The molecule has 2 fully saturated rings. The molecule has 2 heterocycles. The maximum absolute atomic E-state index is 12.6. The van der Waals surface area contributed by atoms with Crippen molar-refractivity contribution in [2.75, 3.05) is 13.2 Å². The van der Waals surface area contributed by atoms with E-state index in [0.29, 0.717) is 24.7 Å². The Morgan fingerprint density at radius 3 is 2.81 bits per heavy atom. The van der Waals surface area contributed by atoms with E-state index in [-0.39, 0.29) is 19.1 Å². The highest BCUT2D eigenvalue weighted by atomic mass is 16.6. The lowest BCUT2D eigenvalue weighted by molar-refractivity contribution is -0.227. The number of benzene rings is 1. The fourth-order valence-corrected chi connectivity index (χ4v) is 4.34. The highest BCUT2D eigenvalue weighted by molar-refractivity contribution is 5.75. The quantitative estimate of drug-likeness (QED) is 0.801. The highest BCUT2D eigenvalue weighted by Gasteiger charge is 2.57. The molecule has 0 saturated carbocycles. The van der Waals surface area contributed by atoms with Gasteiger partial charge in [0.05, 0.1) is 6.61 Å². The van der Waals surface area contributed by atoms with Crippen molar-refractivity contribution in [1.82, 2.24) is 4.90 Å². The van der Waals surface area contributed by atoms with Crippen molar-refractivity contribution in [2.45, 2.75) is 51.5 Å². The second-order valence-corrected chi connectivity index (χ2v) is 8.09. The Morgan fingerprint density at radius 1 is 1.41 bits per heavy atom. The van der Waals surface area contributed by atoms with Gasteiger partial charge in [-0.25, -0.2) is 4.79 Å². The minimum absolute atomic E-state index is 0.127. The van der Waals surface area contributed by atoms with Crippen LogP contribution in [0.15, 0.2) is 30.3 Å². The molecule has 2 aliphatic heterocycles. The number of rotatable bonds is 5. The van der Waals surface area contributed by atoms with Crippen LogP contribution in [0.25, 0.3) is 0 Å². The number of hydrogen-bond donors (Lipinski definition) is 1. The monoisotopic (exact) mass is 375 g/mol. The minimum Gasteiger partial charge on any atom is -0.445 e. The number of hydrogen-bond acceptors (Lipinski definition) is 5. The molecule has 6 nitrogen and oxygen atoms in total. The Bertz CT molecular complexity index is 649. The fourth-order valence-electron chi connectivity index (χ4n) is 4.34. The largest absolute Gasteiger partial charge is 0.445 e. The molecule has 0 unspecified atom stereocenters. The SMILES string of the molecule is CC(C)C[C@@H]1CCO[C@]2(O)[C@@H](C1)CN(C(=O)OCc1ccccc1)[C@@H]2C=O. The zero-order chi connectivity index (χ0) is 19.4. The van der Waals surface area contributed by atoms with Gasteiger partial charge in [-0.15, -0.1) is 0 Å². The maximum Gasteiger partial charge on any atom is 0.410 e. The van der Waals surface area contributed by atoms with Gasteiger partial charge in [0.1, 0.15) is 18.9 Å². The summed E-state index contributed by atoms with van der Waals surface area (Å²) in [6, 6.07) is 8.33. The van der Waals surface area contributed by atoms with E-state index in [1.54, 1.807) is 0 Å². The van der Waals surface area contributed by atoms with Crippen molar-refractivity contribution in [2.24, 2.45) is 17.8 Å². The van der Waals surface area contributed by atoms with Crippen LogP contribution in [-0.4, -0.2) is 47.4 Å². The smallest absolute Gasteiger partial charge is 0.410 e. The van der Waals surface area contributed by atoms with E-state index in [2.05, 4.69) is 13.8 Å². The molecule has 1 amide bonds. The molecule has 1 N–H and O–H groups in total. The van der Waals surface area contributed by atoms with Gasteiger partial charge in [0, 0.05) is 12.5 Å². The van der Waals surface area contributed by atoms with Crippen LogP contribution in [0.2, 0.25) is 0 Å². The van der Waals surface area contributed by atoms with Crippen molar-refractivity contribution in [3.05, 3.63) is 35.9 Å². The number of amides is 1. The molecule has 1 aromatic rings. The van der Waals surface area contributed by atoms with E-state index in [9.17, 15) is 14.7 Å². The van der Waals surface area contributed by atoms with Gasteiger partial charge >= 0.3 is 6.09 Å². The zero-order valence-corrected chi connectivity index (χ0v) is 16.0. The van der Waals surface area contributed by atoms with Crippen LogP contribution in [0.1, 0.15) is 38.7 Å². The van der Waals surface area contributed by atoms with Gasteiger partial charge in [-0.3, -0.25) is 4.90 Å². The molecule has 0 aromatic heterocycles. The molecule has 4 atom stereocenters. The molecule has 2 saturated heterocycles. The fraction of sp³-hybridized carbons (Fsp3) is 0.619. The van der Waals surface area contributed by atoms with Crippen LogP contribution < -0.4 is 0 Å². The summed E-state index contributed by atoms with van der Waals surface area (Å²) in [6.45, 7) is 5.13. The summed E-state index contributed by atoms with van der Waals surface area (Å²) in [5.41, 5.74) is 0.869. The number of aldehydes is 1. The van der Waals surface area contributed by atoms with Crippen LogP contribution >= 0.6 is 0 Å². The van der Waals surface area contributed by atoms with Gasteiger partial charge in [0.25, 0.3) is 0 Å². The van der Waals surface area contributed by atoms with Crippen LogP contribution in [0.3, 0.4) is 0 Å². The molecule has 0 spiro atoms. The van der Waals surface area contributed by atoms with Crippen molar-refractivity contribution < 1.29 is 24.2 Å². The second kappa shape index (κ2) is 8.40. The Labute approximate surface area is 160 Å². The molecule has 27 heavy (non-hydrogen) atoms. The summed E-state index contributed by atoms with van der Waals surface area (Å²) in [5.74, 6) is -0.949. The molecule has 2 aliphatic rings. The van der Waals surface area contributed by atoms with E-state index in [0.717, 1.165) is 24.8 Å². The molecular formula is C21H29NO5. The van der Waals surface area contributed by atoms with Gasteiger partial charge in [0.2, 0.25) is 0 Å². The standard InChI is InChI=1S/C21H29NO5/c1-15(2)10-17-8-9-27-21(25)18(11-17)12-22(19(21)13-23)20(24)26-14-16-6-4-3-5-7-16/h3-7,13,15,17-19,25H,8-12,14H2,1-2H3/t17-,18-,19+,21+/m0/s1. The number of carbonyl (C=O) groups is 2. The van der Waals surface area contributed by atoms with E-state index in [1.165, 1.54) is 4.90 Å². The summed E-state index contributed by atoms with van der Waals surface area (Å²) < 4.78 is 11.1. The first-order valence-corrected chi connectivity index (χ1v) is 9.73. The van der Waals surface area contributed by atoms with Gasteiger partial charge in [-0.05, 0) is 36.7 Å². The number of likely N-dealkylation sites (tertiary alicyclic amines) is 1. The van der Waals surface area contributed by atoms with E-state index >= 15 is 0 Å². The molecule has 0 bridgehead atoms. The molecule has 6 heteroatoms. The minimum atomic E-state index is -1.63. The molecule has 148 valence electrons. The van der Waals surface area contributed by atoms with Gasteiger partial charge in [-0.2, -0.15) is 0 Å². The van der Waals surface area contributed by atoms with Crippen molar-refractivity contribution in [3.63, 3.8) is 0 Å². The van der Waals surface area contributed by atoms with Crippen molar-refractivity contribution in [1.29, 1.82) is 0 Å². The molecule has 3 rings (SSSR count). The first kappa shape index (κ1) is 19.8. The number of aliphatic hydroxyl groups is 1. The third-order valence-electron chi connectivity index (χ3n) is 5.61. The third kappa shape index (κ3) is 4.33. The van der Waals surface area contributed by atoms with E-state index < -0.39 is 17.9 Å². The van der Waals surface area contributed by atoms with Gasteiger partial charge < -0.3 is 19.4 Å². The lowest BCUT2D eigenvalue weighted by Gasteiger charge is -2.31. The lowest BCUT2D eigenvalue weighted by atomic mass is 9.84. The topological polar surface area (TPSA) is 76.1 Å². The van der Waals surface area contributed by atoms with Crippen LogP contribution in [-0.2, 0) is 20.9 Å². The Morgan fingerprint density at radius 2 is 2.15 bits per heavy atom. The number of ether oxygens (including phenoxy) is 2. The first-order chi connectivity index (χ1) is 12.9. The Kier molecular flexibility index (Phi) is 6.17. The number of carbonyl (C=O) groups excluding carboxylic acids is 2. The average Bonchev–Trinajstić information content (AvgIpc) is 2.82. The summed E-state index contributed by atoms with van der Waals surface area (Å²) in [7, 11) is 0. The summed E-state index contributed by atoms with van der Waals surface area (Å²) in [6.07, 6.45) is 2.65. The molecule has 0 aliphatic carbocycles. The third-order valence-corrected chi connectivity index (χ3v) is 5.61. The molecule has 0 radical (unpaired) electrons. The first-order valence-electron chi connectivity index (χ1n) is 9.73. The normalized spacial score (nSPS) is 30.7. The van der Waals surface area contributed by atoms with Crippen molar-refractivity contribution >= 4 is 12.4 Å². The molecule has 1 aromatic carbocycles. The second-order valence-electron chi connectivity index (χ2n) is 8.09. The maximum atomic E-state index is 12.6. The van der Waals surface area contributed by atoms with Crippen LogP contribution in [0, 0.1) is 17.8 Å². The molecular weight excluding hydrogens is 346 g/mol. The van der Waals surface area contributed by atoms with E-state index in [4.69, 9.17) is 9.47 Å². The predicted octanol–water partition coefficient (Wildman–Crippen LogP) is 2.98. The Hall–Kier alpha value is -1.92. The summed E-state index contributed by atoms with van der Waals surface area (Å²) in [4.78, 5) is 25.7. The van der Waals surface area contributed by atoms with Gasteiger partial charge in [0.15, 0.2) is 5.79 Å². The highest BCUT2D eigenvalue weighted by Crippen LogP contribution is 2.42. The lowest BCUT2D eigenvalue weighted by Crippen LogP contribution is -2.51. The van der Waals surface area contributed by atoms with Gasteiger partial charge in [-0.1, -0.05) is 44.2 Å². The van der Waals surface area contributed by atoms with Crippen LogP contribution in [0.4, 0.5) is 4.79 Å². The summed E-state index contributed by atoms with van der Waals surface area (Å²) in [5, 5.41) is 11.1. The average molecular weight is 375 g/mol. The van der Waals surface area contributed by atoms with Crippen molar-refractivity contribution in [3.8, 4) is 0 Å². The predicted molar refractivity (Wildman–Crippen MR) is 99.8 cm³/mol. The van der Waals surface area contributed by atoms with Crippen LogP contribution in [0.5, 0.6) is 0 Å². The summed E-state index contributed by atoms with van der Waals surface area (Å²) >= 11 is 0.